The fraction of sp³-hybridized carbons (Fsp3) is 0.409. The molecular formula is C22H28N4O6S. The standard InChI is InChI=1S/C22H28N4O6S/c1-15(21(28)23-14-19-4-3-13-32-19)24-22(29)17-9-11-26(12-10-17)33(30,31)20-7-5-18(6-8-20)25-16(2)27/h3-8,13,15,17H,9-12,14H2,1-2H3,(H,23,28)(H,24,29)(H,25,27)/t15-/m0/s1. The first-order valence-corrected chi connectivity index (χ1v) is 12.1. The van der Waals surface area contributed by atoms with Gasteiger partial charge in [0.2, 0.25) is 27.7 Å². The van der Waals surface area contributed by atoms with Gasteiger partial charge in [0.25, 0.3) is 0 Å². The Morgan fingerprint density at radius 2 is 1.79 bits per heavy atom. The van der Waals surface area contributed by atoms with E-state index in [9.17, 15) is 22.8 Å². The third-order valence-corrected chi connectivity index (χ3v) is 7.32. The molecule has 0 aliphatic carbocycles. The molecule has 0 saturated carbocycles. The molecule has 1 fully saturated rings. The van der Waals surface area contributed by atoms with Gasteiger partial charge in [-0.25, -0.2) is 8.42 Å². The highest BCUT2D eigenvalue weighted by Crippen LogP contribution is 2.25. The van der Waals surface area contributed by atoms with Gasteiger partial charge < -0.3 is 20.4 Å². The Morgan fingerprint density at radius 3 is 2.36 bits per heavy atom. The van der Waals surface area contributed by atoms with Gasteiger partial charge in [0.1, 0.15) is 11.8 Å². The van der Waals surface area contributed by atoms with Crippen LogP contribution in [-0.2, 0) is 31.0 Å². The summed E-state index contributed by atoms with van der Waals surface area (Å²) in [5, 5.41) is 7.99. The van der Waals surface area contributed by atoms with Gasteiger partial charge in [0, 0.05) is 31.6 Å². The molecule has 1 aromatic carbocycles. The number of piperidine rings is 1. The zero-order valence-corrected chi connectivity index (χ0v) is 19.4. The number of hydrogen-bond acceptors (Lipinski definition) is 6. The summed E-state index contributed by atoms with van der Waals surface area (Å²) in [6.45, 7) is 3.60. The van der Waals surface area contributed by atoms with Crippen molar-refractivity contribution in [3.05, 3.63) is 48.4 Å². The van der Waals surface area contributed by atoms with Crippen LogP contribution in [0, 0.1) is 5.92 Å². The second-order valence-corrected chi connectivity index (χ2v) is 9.85. The first-order chi connectivity index (χ1) is 15.7. The van der Waals surface area contributed by atoms with Crippen molar-refractivity contribution in [3.63, 3.8) is 0 Å². The van der Waals surface area contributed by atoms with E-state index in [1.165, 1.54) is 41.8 Å². The largest absolute Gasteiger partial charge is 0.467 e. The topological polar surface area (TPSA) is 138 Å². The van der Waals surface area contributed by atoms with Crippen LogP contribution in [0.2, 0.25) is 0 Å². The number of amides is 3. The average Bonchev–Trinajstić information content (AvgIpc) is 3.31. The zero-order valence-electron chi connectivity index (χ0n) is 18.5. The van der Waals surface area contributed by atoms with Gasteiger partial charge in [-0.1, -0.05) is 0 Å². The molecule has 10 nitrogen and oxygen atoms in total. The van der Waals surface area contributed by atoms with Crippen LogP contribution in [0.25, 0.3) is 0 Å². The minimum atomic E-state index is -3.71. The molecule has 0 radical (unpaired) electrons. The molecule has 1 aliphatic rings. The van der Waals surface area contributed by atoms with Gasteiger partial charge in [-0.05, 0) is 56.2 Å². The summed E-state index contributed by atoms with van der Waals surface area (Å²) in [6, 6.07) is 8.70. The van der Waals surface area contributed by atoms with Crippen molar-refractivity contribution in [1.82, 2.24) is 14.9 Å². The molecule has 0 spiro atoms. The lowest BCUT2D eigenvalue weighted by molar-refractivity contribution is -0.131. The van der Waals surface area contributed by atoms with E-state index in [0.717, 1.165) is 0 Å². The van der Waals surface area contributed by atoms with Crippen molar-refractivity contribution in [1.29, 1.82) is 0 Å². The van der Waals surface area contributed by atoms with Gasteiger partial charge in [0.15, 0.2) is 0 Å². The fourth-order valence-corrected chi connectivity index (χ4v) is 5.03. The number of anilines is 1. The van der Waals surface area contributed by atoms with Crippen molar-refractivity contribution in [2.45, 2.75) is 44.2 Å². The summed E-state index contributed by atoms with van der Waals surface area (Å²) in [5.74, 6) is -0.607. The SMILES string of the molecule is CC(=O)Nc1ccc(S(=O)(=O)N2CCC(C(=O)N[C@@H](C)C(=O)NCc3ccco3)CC2)cc1. The Balaban J connectivity index is 1.49. The van der Waals surface area contributed by atoms with Crippen LogP contribution in [-0.4, -0.2) is 49.6 Å². The molecule has 2 heterocycles. The van der Waals surface area contributed by atoms with Gasteiger partial charge >= 0.3 is 0 Å². The minimum Gasteiger partial charge on any atom is -0.467 e. The van der Waals surface area contributed by atoms with Crippen molar-refractivity contribution in [3.8, 4) is 0 Å². The Labute approximate surface area is 192 Å². The Bertz CT molecular complexity index is 1070. The third-order valence-electron chi connectivity index (χ3n) is 5.41. The highest BCUT2D eigenvalue weighted by Gasteiger charge is 2.33. The predicted molar refractivity (Wildman–Crippen MR) is 120 cm³/mol. The van der Waals surface area contributed by atoms with Gasteiger partial charge in [0.05, 0.1) is 17.7 Å². The number of benzene rings is 1. The number of hydrogen-bond donors (Lipinski definition) is 3. The lowest BCUT2D eigenvalue weighted by Crippen LogP contribution is -2.49. The summed E-state index contributed by atoms with van der Waals surface area (Å²) >= 11 is 0. The summed E-state index contributed by atoms with van der Waals surface area (Å²) in [7, 11) is -3.71. The van der Waals surface area contributed by atoms with Crippen molar-refractivity contribution < 1.29 is 27.2 Å². The molecule has 33 heavy (non-hydrogen) atoms. The molecule has 11 heteroatoms. The molecule has 1 aromatic heterocycles. The molecular weight excluding hydrogens is 448 g/mol. The number of carbonyl (C=O) groups is 3. The van der Waals surface area contributed by atoms with Crippen LogP contribution in [0.15, 0.2) is 52.0 Å². The highest BCUT2D eigenvalue weighted by molar-refractivity contribution is 7.89. The maximum absolute atomic E-state index is 12.9. The molecule has 0 bridgehead atoms. The predicted octanol–water partition coefficient (Wildman–Crippen LogP) is 1.46. The van der Waals surface area contributed by atoms with Crippen LogP contribution < -0.4 is 16.0 Å². The van der Waals surface area contributed by atoms with Crippen LogP contribution in [0.1, 0.15) is 32.4 Å². The van der Waals surface area contributed by atoms with Crippen LogP contribution >= 0.6 is 0 Å². The summed E-state index contributed by atoms with van der Waals surface area (Å²) in [5.41, 5.74) is 0.513. The Kier molecular flexibility index (Phi) is 7.88. The highest BCUT2D eigenvalue weighted by atomic mass is 32.2. The molecule has 3 amide bonds. The van der Waals surface area contributed by atoms with Gasteiger partial charge in [-0.2, -0.15) is 4.31 Å². The molecule has 0 unspecified atom stereocenters. The van der Waals surface area contributed by atoms with Crippen LogP contribution in [0.5, 0.6) is 0 Å². The van der Waals surface area contributed by atoms with E-state index >= 15 is 0 Å². The maximum atomic E-state index is 12.9. The smallest absolute Gasteiger partial charge is 0.243 e. The lowest BCUT2D eigenvalue weighted by Gasteiger charge is -2.31. The quantitative estimate of drug-likeness (QED) is 0.527. The molecule has 178 valence electrons. The molecule has 3 rings (SSSR count). The first-order valence-electron chi connectivity index (χ1n) is 10.6. The maximum Gasteiger partial charge on any atom is 0.243 e. The second-order valence-electron chi connectivity index (χ2n) is 7.91. The first kappa shape index (κ1) is 24.5. The van der Waals surface area contributed by atoms with E-state index < -0.39 is 16.1 Å². The number of furan rings is 1. The fourth-order valence-electron chi connectivity index (χ4n) is 3.56. The number of nitrogens with one attached hydrogen (secondary N) is 3. The van der Waals surface area contributed by atoms with Crippen molar-refractivity contribution in [2.75, 3.05) is 18.4 Å². The van der Waals surface area contributed by atoms with E-state index in [4.69, 9.17) is 4.42 Å². The third kappa shape index (κ3) is 6.42. The summed E-state index contributed by atoms with van der Waals surface area (Å²) in [6.07, 6.45) is 2.23. The molecule has 1 saturated heterocycles. The van der Waals surface area contributed by atoms with Gasteiger partial charge in [-0.15, -0.1) is 0 Å². The minimum absolute atomic E-state index is 0.126. The Morgan fingerprint density at radius 1 is 1.12 bits per heavy atom. The number of sulfonamides is 1. The Hall–Kier alpha value is -3.18. The number of rotatable bonds is 8. The van der Waals surface area contributed by atoms with Crippen molar-refractivity contribution in [2.24, 2.45) is 5.92 Å². The summed E-state index contributed by atoms with van der Waals surface area (Å²) < 4.78 is 32.3. The van der Waals surface area contributed by atoms with Crippen LogP contribution in [0.4, 0.5) is 5.69 Å². The van der Waals surface area contributed by atoms with E-state index in [-0.39, 0.29) is 48.2 Å². The zero-order chi connectivity index (χ0) is 24.0. The van der Waals surface area contributed by atoms with E-state index in [1.54, 1.807) is 19.1 Å². The van der Waals surface area contributed by atoms with Crippen molar-refractivity contribution >= 4 is 33.4 Å². The van der Waals surface area contributed by atoms with Gasteiger partial charge in [-0.3, -0.25) is 14.4 Å². The second kappa shape index (κ2) is 10.6. The molecule has 1 aliphatic heterocycles. The monoisotopic (exact) mass is 476 g/mol. The van der Waals surface area contributed by atoms with Crippen LogP contribution in [0.3, 0.4) is 0 Å². The normalized spacial score (nSPS) is 16.1. The number of nitrogens with zero attached hydrogens (tertiary/aromatic N) is 1. The lowest BCUT2D eigenvalue weighted by atomic mass is 9.97. The van der Waals surface area contributed by atoms with E-state index in [2.05, 4.69) is 16.0 Å². The molecule has 2 aromatic rings. The van der Waals surface area contributed by atoms with E-state index in [1.807, 2.05) is 0 Å². The number of carbonyl (C=O) groups excluding carboxylic acids is 3. The molecule has 1 atom stereocenters. The average molecular weight is 477 g/mol. The summed E-state index contributed by atoms with van der Waals surface area (Å²) in [4.78, 5) is 36.0. The van der Waals surface area contributed by atoms with E-state index in [0.29, 0.717) is 24.3 Å². The molecule has 3 N–H and O–H groups in total.